The fourth-order valence-corrected chi connectivity index (χ4v) is 2.22. The first-order chi connectivity index (χ1) is 12.5. The Kier molecular flexibility index (Phi) is 7.09. The molecule has 5 nitrogen and oxygen atoms in total. The van der Waals surface area contributed by atoms with Crippen molar-refractivity contribution in [3.8, 4) is 0 Å². The minimum Gasteiger partial charge on any atom is -0.457 e. The molecule has 1 amide bonds. The lowest BCUT2D eigenvalue weighted by atomic mass is 10.1. The summed E-state index contributed by atoms with van der Waals surface area (Å²) in [5, 5.41) is 2.75. The molecule has 0 aliphatic heterocycles. The van der Waals surface area contributed by atoms with E-state index in [1.54, 1.807) is 38.1 Å². The summed E-state index contributed by atoms with van der Waals surface area (Å²) in [6, 6.07) is 16.2. The van der Waals surface area contributed by atoms with Crippen LogP contribution in [0.5, 0.6) is 0 Å². The van der Waals surface area contributed by atoms with Gasteiger partial charge in [-0.15, -0.1) is 0 Å². The lowest BCUT2D eigenvalue weighted by Crippen LogP contribution is -2.18. The standard InChI is InChI=1S/C21H23NO4/c1-15(2)21(25)22-18-11-9-17(10-12-18)19(23)14-26-20(24)13-8-16-6-4-3-5-7-16/h3-7,9-12,15H,8,13-14H2,1-2H3,(H,22,25). The number of ether oxygens (including phenoxy) is 1. The van der Waals surface area contributed by atoms with Gasteiger partial charge < -0.3 is 10.1 Å². The molecule has 0 saturated carbocycles. The summed E-state index contributed by atoms with van der Waals surface area (Å²) in [6.45, 7) is 3.32. The number of aryl methyl sites for hydroxylation is 1. The molecule has 0 bridgehead atoms. The topological polar surface area (TPSA) is 72.5 Å². The van der Waals surface area contributed by atoms with Crippen LogP contribution in [0.3, 0.4) is 0 Å². The molecular weight excluding hydrogens is 330 g/mol. The zero-order valence-corrected chi connectivity index (χ0v) is 15.0. The number of hydrogen-bond donors (Lipinski definition) is 1. The van der Waals surface area contributed by atoms with Crippen molar-refractivity contribution in [2.45, 2.75) is 26.7 Å². The Hall–Kier alpha value is -2.95. The fraction of sp³-hybridized carbons (Fsp3) is 0.286. The van der Waals surface area contributed by atoms with E-state index in [0.717, 1.165) is 5.56 Å². The lowest BCUT2D eigenvalue weighted by Gasteiger charge is -2.08. The molecule has 2 aromatic carbocycles. The van der Waals surface area contributed by atoms with E-state index in [9.17, 15) is 14.4 Å². The third-order valence-corrected chi connectivity index (χ3v) is 3.82. The Morgan fingerprint density at radius 3 is 2.23 bits per heavy atom. The molecular formula is C21H23NO4. The van der Waals surface area contributed by atoms with Gasteiger partial charge >= 0.3 is 5.97 Å². The van der Waals surface area contributed by atoms with Crippen molar-refractivity contribution in [3.63, 3.8) is 0 Å². The quantitative estimate of drug-likeness (QED) is 0.581. The van der Waals surface area contributed by atoms with Crippen LogP contribution in [0.4, 0.5) is 5.69 Å². The Morgan fingerprint density at radius 2 is 1.62 bits per heavy atom. The largest absolute Gasteiger partial charge is 0.457 e. The summed E-state index contributed by atoms with van der Waals surface area (Å²) in [4.78, 5) is 35.5. The SMILES string of the molecule is CC(C)C(=O)Nc1ccc(C(=O)COC(=O)CCc2ccccc2)cc1. The molecule has 2 rings (SSSR count). The van der Waals surface area contributed by atoms with Gasteiger partial charge in [0.2, 0.25) is 5.91 Å². The number of ketones is 1. The molecule has 26 heavy (non-hydrogen) atoms. The number of carbonyl (C=O) groups is 3. The maximum atomic E-state index is 12.1. The van der Waals surface area contributed by atoms with Crippen LogP contribution in [-0.2, 0) is 20.7 Å². The van der Waals surface area contributed by atoms with Crippen molar-refractivity contribution in [3.05, 3.63) is 65.7 Å². The summed E-state index contributed by atoms with van der Waals surface area (Å²) in [5.41, 5.74) is 2.11. The van der Waals surface area contributed by atoms with Crippen molar-refractivity contribution in [2.24, 2.45) is 5.92 Å². The van der Waals surface area contributed by atoms with E-state index in [4.69, 9.17) is 4.74 Å². The molecule has 0 spiro atoms. The molecule has 0 aromatic heterocycles. The second-order valence-corrected chi connectivity index (χ2v) is 6.29. The average Bonchev–Trinajstić information content (AvgIpc) is 2.65. The molecule has 136 valence electrons. The summed E-state index contributed by atoms with van der Waals surface area (Å²) in [7, 11) is 0. The first-order valence-corrected chi connectivity index (χ1v) is 8.59. The highest BCUT2D eigenvalue weighted by Crippen LogP contribution is 2.12. The smallest absolute Gasteiger partial charge is 0.306 e. The van der Waals surface area contributed by atoms with Gasteiger partial charge in [0, 0.05) is 23.6 Å². The Morgan fingerprint density at radius 1 is 0.962 bits per heavy atom. The number of rotatable bonds is 8. The van der Waals surface area contributed by atoms with Gasteiger partial charge in [-0.1, -0.05) is 44.2 Å². The van der Waals surface area contributed by atoms with Gasteiger partial charge in [0.15, 0.2) is 12.4 Å². The van der Waals surface area contributed by atoms with Crippen molar-refractivity contribution >= 4 is 23.3 Å². The maximum Gasteiger partial charge on any atom is 0.306 e. The van der Waals surface area contributed by atoms with Crippen molar-refractivity contribution in [1.29, 1.82) is 0 Å². The average molecular weight is 353 g/mol. The first kappa shape index (κ1) is 19.4. The van der Waals surface area contributed by atoms with Crippen LogP contribution in [0, 0.1) is 5.92 Å². The lowest BCUT2D eigenvalue weighted by molar-refractivity contribution is -0.142. The number of benzene rings is 2. The zero-order valence-electron chi connectivity index (χ0n) is 15.0. The molecule has 1 N–H and O–H groups in total. The highest BCUT2D eigenvalue weighted by Gasteiger charge is 2.11. The molecule has 5 heteroatoms. The molecule has 0 radical (unpaired) electrons. The third kappa shape index (κ3) is 6.16. The molecule has 0 saturated heterocycles. The van der Waals surface area contributed by atoms with Crippen LogP contribution in [0.25, 0.3) is 0 Å². The zero-order chi connectivity index (χ0) is 18.9. The molecule has 0 fully saturated rings. The second kappa shape index (κ2) is 9.51. The Labute approximate surface area is 153 Å². The van der Waals surface area contributed by atoms with Crippen molar-refractivity contribution in [2.75, 3.05) is 11.9 Å². The maximum absolute atomic E-state index is 12.1. The molecule has 0 atom stereocenters. The molecule has 0 aliphatic carbocycles. The highest BCUT2D eigenvalue weighted by atomic mass is 16.5. The fourth-order valence-electron chi connectivity index (χ4n) is 2.22. The molecule has 0 aliphatic rings. The number of carbonyl (C=O) groups excluding carboxylic acids is 3. The predicted molar refractivity (Wildman–Crippen MR) is 100.0 cm³/mol. The van der Waals surface area contributed by atoms with E-state index in [1.165, 1.54) is 0 Å². The number of Topliss-reactive ketones (excluding diaryl/α,β-unsaturated/α-hetero) is 1. The summed E-state index contributed by atoms with van der Waals surface area (Å²) >= 11 is 0. The number of hydrogen-bond acceptors (Lipinski definition) is 4. The van der Waals surface area contributed by atoms with E-state index in [2.05, 4.69) is 5.32 Å². The highest BCUT2D eigenvalue weighted by molar-refractivity contribution is 5.99. The van der Waals surface area contributed by atoms with E-state index in [-0.39, 0.29) is 30.6 Å². The monoisotopic (exact) mass is 353 g/mol. The summed E-state index contributed by atoms with van der Waals surface area (Å²) in [6.07, 6.45) is 0.815. The van der Waals surface area contributed by atoms with Gasteiger partial charge in [-0.2, -0.15) is 0 Å². The van der Waals surface area contributed by atoms with Crippen LogP contribution in [0.1, 0.15) is 36.2 Å². The van der Waals surface area contributed by atoms with E-state index >= 15 is 0 Å². The predicted octanol–water partition coefficient (Wildman–Crippen LogP) is 3.64. The van der Waals surface area contributed by atoms with E-state index in [0.29, 0.717) is 17.7 Å². The summed E-state index contributed by atoms with van der Waals surface area (Å²) in [5.74, 6) is -0.883. The van der Waals surface area contributed by atoms with E-state index < -0.39 is 5.97 Å². The van der Waals surface area contributed by atoms with Crippen molar-refractivity contribution < 1.29 is 19.1 Å². The number of anilines is 1. The van der Waals surface area contributed by atoms with Gasteiger partial charge in [-0.25, -0.2) is 0 Å². The van der Waals surface area contributed by atoms with Crippen LogP contribution in [0.15, 0.2) is 54.6 Å². The van der Waals surface area contributed by atoms with Gasteiger partial charge in [0.1, 0.15) is 0 Å². The van der Waals surface area contributed by atoms with Crippen molar-refractivity contribution in [1.82, 2.24) is 0 Å². The number of nitrogens with one attached hydrogen (secondary N) is 1. The van der Waals surface area contributed by atoms with Crippen LogP contribution < -0.4 is 5.32 Å². The molecule has 0 unspecified atom stereocenters. The van der Waals surface area contributed by atoms with Gasteiger partial charge in [-0.05, 0) is 36.2 Å². The summed E-state index contributed by atoms with van der Waals surface area (Å²) < 4.78 is 5.05. The van der Waals surface area contributed by atoms with Crippen LogP contribution in [0.2, 0.25) is 0 Å². The number of esters is 1. The van der Waals surface area contributed by atoms with Gasteiger partial charge in [0.25, 0.3) is 0 Å². The minimum atomic E-state index is -0.400. The third-order valence-electron chi connectivity index (χ3n) is 3.82. The van der Waals surface area contributed by atoms with Crippen LogP contribution in [-0.4, -0.2) is 24.3 Å². The Bertz CT molecular complexity index is 751. The van der Waals surface area contributed by atoms with Gasteiger partial charge in [0.05, 0.1) is 0 Å². The second-order valence-electron chi connectivity index (χ2n) is 6.29. The van der Waals surface area contributed by atoms with Crippen LogP contribution >= 0.6 is 0 Å². The normalized spacial score (nSPS) is 10.4. The Balaban J connectivity index is 1.78. The minimum absolute atomic E-state index is 0.0866. The molecule has 2 aromatic rings. The molecule has 0 heterocycles. The first-order valence-electron chi connectivity index (χ1n) is 8.59. The van der Waals surface area contributed by atoms with E-state index in [1.807, 2.05) is 30.3 Å². The van der Waals surface area contributed by atoms with Gasteiger partial charge in [-0.3, -0.25) is 14.4 Å². The number of amides is 1.